The maximum absolute atomic E-state index is 13.7. The quantitative estimate of drug-likeness (QED) is 0.0348. The largest absolute Gasteiger partial charge is 0.461 e. The fourth-order valence-corrected chi connectivity index (χ4v) is 9.90. The lowest BCUT2D eigenvalue weighted by molar-refractivity contribution is -0.153. The number of carbonyl (C=O) groups is 5. The summed E-state index contributed by atoms with van der Waals surface area (Å²) in [5, 5.41) is 12.3. The van der Waals surface area contributed by atoms with Gasteiger partial charge in [0.1, 0.15) is 29.7 Å². The van der Waals surface area contributed by atoms with E-state index in [4.69, 9.17) is 14.2 Å². The predicted molar refractivity (Wildman–Crippen MR) is 237 cm³/mol. The van der Waals surface area contributed by atoms with Crippen LogP contribution in [0.4, 0.5) is 9.59 Å². The number of hydrogen-bond acceptors (Lipinski definition) is 9. The average Bonchev–Trinajstić information content (AvgIpc) is 3.60. The Balaban J connectivity index is 1.26. The molecule has 5 atom stereocenters. The first-order valence-electron chi connectivity index (χ1n) is 21.3. The zero-order valence-electron chi connectivity index (χ0n) is 36.1. The third-order valence-corrected chi connectivity index (χ3v) is 13.1. The van der Waals surface area contributed by atoms with E-state index in [2.05, 4.69) is 89.2 Å². The minimum Gasteiger partial charge on any atom is -0.461 e. The summed E-state index contributed by atoms with van der Waals surface area (Å²) in [7, 11) is 0. The van der Waals surface area contributed by atoms with Gasteiger partial charge in [-0.25, -0.2) is 14.4 Å². The van der Waals surface area contributed by atoms with E-state index in [1.165, 1.54) is 16.7 Å². The maximum atomic E-state index is 13.7. The Labute approximate surface area is 364 Å². The van der Waals surface area contributed by atoms with Gasteiger partial charge in [0.05, 0.1) is 12.1 Å². The number of halogens is 1. The number of esters is 2. The summed E-state index contributed by atoms with van der Waals surface area (Å²) >= 11 is 5.00. The molecule has 2 fully saturated rings. The van der Waals surface area contributed by atoms with Crippen molar-refractivity contribution in [1.29, 1.82) is 0 Å². The minimum atomic E-state index is -0.885. The zero-order valence-corrected chi connectivity index (χ0v) is 38.5. The molecule has 2 aliphatic heterocycles. The molecule has 0 saturated carbocycles. The molecule has 0 aromatic carbocycles. The molecule has 1 unspecified atom stereocenters. The molecule has 4 amide bonds. The summed E-state index contributed by atoms with van der Waals surface area (Å²) in [6, 6.07) is -0.586. The van der Waals surface area contributed by atoms with Crippen LogP contribution in [0.25, 0.3) is 0 Å². The molecular formula is C45H67BrN4O8S. The van der Waals surface area contributed by atoms with Crippen LogP contribution in [0, 0.1) is 5.41 Å². The number of fused-ring (bicyclic) bond motifs is 1. The summed E-state index contributed by atoms with van der Waals surface area (Å²) in [5.41, 5.74) is 5.03. The van der Waals surface area contributed by atoms with Crippen LogP contribution in [0.5, 0.6) is 0 Å². The Kier molecular flexibility index (Phi) is 18.7. The topological polar surface area (TPSA) is 161 Å². The van der Waals surface area contributed by atoms with E-state index < -0.39 is 23.7 Å². The van der Waals surface area contributed by atoms with E-state index in [1.807, 2.05) is 17.8 Å². The number of allylic oxidation sites excluding steroid dienone is 8. The predicted octanol–water partition coefficient (Wildman–Crippen LogP) is 8.42. The molecule has 4 rings (SSSR count). The first-order chi connectivity index (χ1) is 27.9. The number of urea groups is 1. The lowest BCUT2D eigenvalue weighted by Crippen LogP contribution is -2.46. The number of unbranched alkanes of at least 4 members (excludes halogenated alkanes) is 2. The van der Waals surface area contributed by atoms with Gasteiger partial charge < -0.3 is 35.5 Å². The van der Waals surface area contributed by atoms with Crippen molar-refractivity contribution in [3.63, 3.8) is 0 Å². The van der Waals surface area contributed by atoms with Crippen LogP contribution >= 0.6 is 27.7 Å². The number of ether oxygens (including phenoxy) is 3. The summed E-state index contributed by atoms with van der Waals surface area (Å²) in [6.45, 7) is 14.6. The van der Waals surface area contributed by atoms with E-state index in [0.717, 1.165) is 55.4 Å². The Hall–Kier alpha value is -3.52. The van der Waals surface area contributed by atoms with Crippen molar-refractivity contribution < 1.29 is 38.2 Å². The van der Waals surface area contributed by atoms with E-state index in [9.17, 15) is 24.0 Å². The molecule has 2 saturated heterocycles. The smallest absolute Gasteiger partial charge is 0.408 e. The number of nitrogens with one attached hydrogen (secondary N) is 4. The number of hydrogen-bond donors (Lipinski definition) is 4. The number of rotatable bonds is 18. The van der Waals surface area contributed by atoms with Crippen molar-refractivity contribution in [3.8, 4) is 0 Å². The molecule has 0 radical (unpaired) electrons. The first-order valence-corrected chi connectivity index (χ1v) is 23.4. The number of thioether (sulfide) groups is 1. The average molecular weight is 904 g/mol. The molecular weight excluding hydrogens is 836 g/mol. The van der Waals surface area contributed by atoms with Gasteiger partial charge in [0, 0.05) is 30.4 Å². The molecule has 4 aliphatic rings. The van der Waals surface area contributed by atoms with Gasteiger partial charge in [-0.05, 0) is 126 Å². The number of alkyl carbamates (subject to hydrolysis) is 1. The molecule has 4 N–H and O–H groups in total. The van der Waals surface area contributed by atoms with Crippen LogP contribution in [0.1, 0.15) is 126 Å². The molecule has 59 heavy (non-hydrogen) atoms. The highest BCUT2D eigenvalue weighted by Crippen LogP contribution is 2.42. The van der Waals surface area contributed by atoms with Gasteiger partial charge in [0.15, 0.2) is 0 Å². The van der Waals surface area contributed by atoms with Crippen molar-refractivity contribution in [1.82, 2.24) is 21.3 Å². The molecule has 14 heteroatoms. The van der Waals surface area contributed by atoms with E-state index >= 15 is 0 Å². The number of amides is 4. The van der Waals surface area contributed by atoms with Gasteiger partial charge in [-0.3, -0.25) is 9.59 Å². The summed E-state index contributed by atoms with van der Waals surface area (Å²) < 4.78 is 16.8. The third kappa shape index (κ3) is 16.1. The highest BCUT2D eigenvalue weighted by atomic mass is 79.9. The second-order valence-corrected chi connectivity index (χ2v) is 19.6. The van der Waals surface area contributed by atoms with Crippen LogP contribution in [0.3, 0.4) is 0 Å². The summed E-state index contributed by atoms with van der Waals surface area (Å²) in [6.07, 6.45) is 18.5. The van der Waals surface area contributed by atoms with Crippen molar-refractivity contribution in [2.75, 3.05) is 24.2 Å². The lowest BCUT2D eigenvalue weighted by atomic mass is 9.71. The summed E-state index contributed by atoms with van der Waals surface area (Å²) in [4.78, 5) is 62.1. The van der Waals surface area contributed by atoms with Crippen LogP contribution in [-0.2, 0) is 28.6 Å². The zero-order chi connectivity index (χ0) is 43.2. The summed E-state index contributed by atoms with van der Waals surface area (Å²) in [5.74, 6) is 0.168. The van der Waals surface area contributed by atoms with Crippen LogP contribution in [0.2, 0.25) is 0 Å². The fraction of sp³-hybridized carbons (Fsp3) is 0.667. The second kappa shape index (κ2) is 22.9. The highest BCUT2D eigenvalue weighted by molar-refractivity contribution is 9.09. The molecule has 2 heterocycles. The molecule has 0 spiro atoms. The van der Waals surface area contributed by atoms with Gasteiger partial charge >= 0.3 is 24.1 Å². The molecule has 328 valence electrons. The SMILES string of the molecule is CC1=C(/C=C/C(C)=C2C=C/C(=C/COC(=O)CBr)CCC/2)C(C)(C)CC(OC(=O)[C@H](CCCCNC(=O)CCCC[C@@H]2SC[C@@H]3NC(=O)N[C@@H]32)NC(=O)OC(C)(C)C)C1. The first kappa shape index (κ1) is 48.1. The van der Waals surface area contributed by atoms with E-state index in [1.54, 1.807) is 20.8 Å². The van der Waals surface area contributed by atoms with Gasteiger partial charge in [-0.2, -0.15) is 11.8 Å². The monoisotopic (exact) mass is 902 g/mol. The van der Waals surface area contributed by atoms with Crippen molar-refractivity contribution in [2.45, 2.75) is 161 Å². The van der Waals surface area contributed by atoms with Gasteiger partial charge in [0.25, 0.3) is 0 Å². The third-order valence-electron chi connectivity index (χ3n) is 11.2. The number of carbonyl (C=O) groups excluding carboxylic acids is 5. The van der Waals surface area contributed by atoms with Gasteiger partial charge in [-0.1, -0.05) is 66.1 Å². The number of alkyl halides is 1. The Morgan fingerprint density at radius 1 is 1.08 bits per heavy atom. The van der Waals surface area contributed by atoms with Gasteiger partial charge in [-0.15, -0.1) is 0 Å². The van der Waals surface area contributed by atoms with Crippen molar-refractivity contribution in [2.24, 2.45) is 5.41 Å². The van der Waals surface area contributed by atoms with Crippen molar-refractivity contribution in [3.05, 3.63) is 58.2 Å². The van der Waals surface area contributed by atoms with E-state index in [0.29, 0.717) is 50.3 Å². The highest BCUT2D eigenvalue weighted by Gasteiger charge is 2.42. The molecule has 12 nitrogen and oxygen atoms in total. The molecule has 0 aromatic rings. The minimum absolute atomic E-state index is 0.000891. The lowest BCUT2D eigenvalue weighted by Gasteiger charge is -2.38. The Morgan fingerprint density at radius 3 is 2.59 bits per heavy atom. The fourth-order valence-electron chi connectivity index (χ4n) is 8.19. The second-order valence-electron chi connectivity index (χ2n) is 17.8. The van der Waals surface area contributed by atoms with Gasteiger partial charge in [0.2, 0.25) is 5.91 Å². The standard InChI is InChI=1S/C45H67BrN4O8S/c1-29(32-14-12-13-31(19-20-32)22-24-56-39(52)27-46)18-21-34-30(2)25-33(26-45(34,6)7)57-41(53)35(49-43(55)58-44(3,4)5)15-10-11-23-47-38(51)17-9-8-16-37-40-36(28-59-37)48-42(54)50-40/h18-22,33,35-37,40H,8-17,23-28H2,1-7H3,(H,47,51)(H,49,55)(H2,48,50,54)/b21-18+,31-22+,32-29+/t33?,35-,36-,37-,40-/m0/s1. The molecule has 0 bridgehead atoms. The Morgan fingerprint density at radius 2 is 1.86 bits per heavy atom. The normalized spacial score (nSPS) is 24.8. The van der Waals surface area contributed by atoms with Crippen LogP contribution < -0.4 is 21.3 Å². The Bertz CT molecular complexity index is 1680. The van der Waals surface area contributed by atoms with Crippen molar-refractivity contribution >= 4 is 57.7 Å². The van der Waals surface area contributed by atoms with Crippen LogP contribution in [-0.4, -0.2) is 89.3 Å². The maximum Gasteiger partial charge on any atom is 0.408 e. The molecule has 0 aromatic heterocycles. The molecule has 2 aliphatic carbocycles. The van der Waals surface area contributed by atoms with E-state index in [-0.39, 0.29) is 53.4 Å². The van der Waals surface area contributed by atoms with Crippen LogP contribution in [0.15, 0.2) is 58.2 Å².